The minimum atomic E-state index is -0.299. The van der Waals surface area contributed by atoms with Gasteiger partial charge >= 0.3 is 0 Å². The van der Waals surface area contributed by atoms with Crippen molar-refractivity contribution in [1.29, 1.82) is 0 Å². The standard InChI is InChI=1S/C21H21ClN6O3S/c22-15-7-5-14(6-8-15)17-11-18(19-4-2-10-31-19)28(24-17)20(29)13-32-21-23-25-26-27(21)12-16-3-1-9-30-16/h2,4-8,10,16,18H,1,3,9,11-13H2/t16-,18-/m1/s1. The minimum absolute atomic E-state index is 0.113. The third-order valence-corrected chi connectivity index (χ3v) is 6.63. The summed E-state index contributed by atoms with van der Waals surface area (Å²) in [6.07, 6.45) is 4.31. The van der Waals surface area contributed by atoms with Crippen LogP contribution in [0, 0.1) is 0 Å². The molecule has 9 nitrogen and oxygen atoms in total. The molecule has 0 N–H and O–H groups in total. The van der Waals surface area contributed by atoms with E-state index in [2.05, 4.69) is 20.6 Å². The number of carbonyl (C=O) groups is 1. The Hall–Kier alpha value is -2.69. The van der Waals surface area contributed by atoms with Crippen LogP contribution in [0.2, 0.25) is 5.02 Å². The van der Waals surface area contributed by atoms with E-state index in [9.17, 15) is 4.79 Å². The smallest absolute Gasteiger partial charge is 0.253 e. The van der Waals surface area contributed by atoms with Gasteiger partial charge in [-0.25, -0.2) is 9.69 Å². The first-order valence-corrected chi connectivity index (χ1v) is 11.7. The summed E-state index contributed by atoms with van der Waals surface area (Å²) in [6.45, 7) is 1.35. The highest BCUT2D eigenvalue weighted by atomic mass is 35.5. The van der Waals surface area contributed by atoms with Crippen LogP contribution in [0.3, 0.4) is 0 Å². The Labute approximate surface area is 193 Å². The molecule has 5 rings (SSSR count). The maximum atomic E-state index is 13.2. The molecule has 4 heterocycles. The summed E-state index contributed by atoms with van der Waals surface area (Å²) in [7, 11) is 0. The molecule has 1 saturated heterocycles. The number of thioether (sulfide) groups is 1. The first-order chi connectivity index (χ1) is 15.7. The molecule has 2 atom stereocenters. The van der Waals surface area contributed by atoms with Gasteiger partial charge in [-0.3, -0.25) is 4.79 Å². The number of nitrogens with zero attached hydrogens (tertiary/aromatic N) is 6. The van der Waals surface area contributed by atoms with E-state index < -0.39 is 0 Å². The Bertz CT molecular complexity index is 1100. The molecule has 0 spiro atoms. The lowest BCUT2D eigenvalue weighted by Crippen LogP contribution is -2.28. The van der Waals surface area contributed by atoms with E-state index in [0.717, 1.165) is 30.7 Å². The summed E-state index contributed by atoms with van der Waals surface area (Å²) in [5.41, 5.74) is 1.74. The number of hydrogen-bond acceptors (Lipinski definition) is 8. The monoisotopic (exact) mass is 472 g/mol. The molecular formula is C21H21ClN6O3S. The van der Waals surface area contributed by atoms with E-state index in [1.165, 1.54) is 16.8 Å². The maximum Gasteiger partial charge on any atom is 0.253 e. The van der Waals surface area contributed by atoms with E-state index in [1.807, 2.05) is 36.4 Å². The second-order valence-electron chi connectivity index (χ2n) is 7.59. The molecule has 0 radical (unpaired) electrons. The third-order valence-electron chi connectivity index (χ3n) is 5.44. The largest absolute Gasteiger partial charge is 0.467 e. The number of hydrogen-bond donors (Lipinski definition) is 0. The molecule has 2 aromatic heterocycles. The van der Waals surface area contributed by atoms with Crippen LogP contribution >= 0.6 is 23.4 Å². The number of furan rings is 1. The fraction of sp³-hybridized carbons (Fsp3) is 0.381. The first-order valence-electron chi connectivity index (χ1n) is 10.4. The molecule has 3 aromatic rings. The lowest BCUT2D eigenvalue weighted by Gasteiger charge is -2.19. The van der Waals surface area contributed by atoms with E-state index >= 15 is 0 Å². The van der Waals surface area contributed by atoms with Crippen LogP contribution in [-0.2, 0) is 16.1 Å². The fourth-order valence-corrected chi connectivity index (χ4v) is 4.71. The normalized spacial score (nSPS) is 20.7. The highest BCUT2D eigenvalue weighted by Gasteiger charge is 2.35. The molecule has 1 fully saturated rings. The van der Waals surface area contributed by atoms with Crippen LogP contribution in [0.25, 0.3) is 0 Å². The highest BCUT2D eigenvalue weighted by molar-refractivity contribution is 7.99. The lowest BCUT2D eigenvalue weighted by atomic mass is 10.0. The second-order valence-corrected chi connectivity index (χ2v) is 8.97. The molecule has 0 unspecified atom stereocenters. The Morgan fingerprint density at radius 3 is 2.88 bits per heavy atom. The predicted octanol–water partition coefficient (Wildman–Crippen LogP) is 3.57. The number of hydrazone groups is 1. The van der Waals surface area contributed by atoms with Crippen molar-refractivity contribution < 1.29 is 13.9 Å². The summed E-state index contributed by atoms with van der Waals surface area (Å²) in [4.78, 5) is 13.2. The molecule has 166 valence electrons. The van der Waals surface area contributed by atoms with E-state index in [0.29, 0.717) is 28.9 Å². The summed E-state index contributed by atoms with van der Waals surface area (Å²) in [5.74, 6) is 0.701. The van der Waals surface area contributed by atoms with Gasteiger partial charge in [-0.2, -0.15) is 5.10 Å². The van der Waals surface area contributed by atoms with Crippen LogP contribution in [0.1, 0.15) is 36.6 Å². The second kappa shape index (κ2) is 9.43. The van der Waals surface area contributed by atoms with Crippen LogP contribution < -0.4 is 0 Å². The number of halogens is 1. The van der Waals surface area contributed by atoms with E-state index in [-0.39, 0.29) is 23.8 Å². The number of benzene rings is 1. The van der Waals surface area contributed by atoms with Gasteiger partial charge < -0.3 is 9.15 Å². The topological polar surface area (TPSA) is 98.6 Å². The molecule has 2 aliphatic heterocycles. The average molecular weight is 473 g/mol. The van der Waals surface area contributed by atoms with Crippen molar-refractivity contribution in [3.8, 4) is 0 Å². The van der Waals surface area contributed by atoms with Gasteiger partial charge in [-0.15, -0.1) is 5.10 Å². The molecule has 11 heteroatoms. The van der Waals surface area contributed by atoms with E-state index in [4.69, 9.17) is 20.8 Å². The van der Waals surface area contributed by atoms with Crippen molar-refractivity contribution >= 4 is 35.0 Å². The van der Waals surface area contributed by atoms with Crippen molar-refractivity contribution in [3.63, 3.8) is 0 Å². The van der Waals surface area contributed by atoms with Gasteiger partial charge in [-0.1, -0.05) is 35.5 Å². The van der Waals surface area contributed by atoms with Gasteiger partial charge in [0.15, 0.2) is 0 Å². The van der Waals surface area contributed by atoms with Crippen molar-refractivity contribution in [2.45, 2.75) is 43.1 Å². The Morgan fingerprint density at radius 2 is 2.12 bits per heavy atom. The SMILES string of the molecule is O=C(CSc1nnnn1C[C@H]1CCCO1)N1N=C(c2ccc(Cl)cc2)C[C@@H]1c1ccco1. The zero-order chi connectivity index (χ0) is 21.9. The zero-order valence-corrected chi connectivity index (χ0v) is 18.7. The van der Waals surface area contributed by atoms with Crippen molar-refractivity contribution in [2.24, 2.45) is 5.10 Å². The number of carbonyl (C=O) groups excluding carboxylic acids is 1. The Morgan fingerprint density at radius 1 is 1.25 bits per heavy atom. The summed E-state index contributed by atoms with van der Waals surface area (Å²) in [6, 6.07) is 10.8. The predicted molar refractivity (Wildman–Crippen MR) is 118 cm³/mol. The quantitative estimate of drug-likeness (QED) is 0.484. The van der Waals surface area contributed by atoms with Crippen molar-refractivity contribution in [2.75, 3.05) is 12.4 Å². The van der Waals surface area contributed by atoms with Gasteiger partial charge in [0.05, 0.1) is 30.4 Å². The lowest BCUT2D eigenvalue weighted by molar-refractivity contribution is -0.130. The van der Waals surface area contributed by atoms with Crippen LogP contribution in [0.15, 0.2) is 57.3 Å². The average Bonchev–Trinajstić information content (AvgIpc) is 3.60. The van der Waals surface area contributed by atoms with Gasteiger partial charge in [0, 0.05) is 18.1 Å². The Kier molecular flexibility index (Phi) is 6.24. The summed E-state index contributed by atoms with van der Waals surface area (Å²) < 4.78 is 13.0. The van der Waals surface area contributed by atoms with Gasteiger partial charge in [0.2, 0.25) is 5.16 Å². The maximum absolute atomic E-state index is 13.2. The molecule has 32 heavy (non-hydrogen) atoms. The number of rotatable bonds is 7. The van der Waals surface area contributed by atoms with Crippen LogP contribution in [0.4, 0.5) is 0 Å². The fourth-order valence-electron chi connectivity index (χ4n) is 3.85. The Balaban J connectivity index is 1.30. The molecule has 1 amide bonds. The molecule has 1 aromatic carbocycles. The van der Waals surface area contributed by atoms with Gasteiger partial charge in [0.1, 0.15) is 11.8 Å². The number of aromatic nitrogens is 4. The number of tetrazole rings is 1. The third kappa shape index (κ3) is 4.57. The minimum Gasteiger partial charge on any atom is -0.467 e. The summed E-state index contributed by atoms with van der Waals surface area (Å²) >= 11 is 7.31. The van der Waals surface area contributed by atoms with Crippen LogP contribution in [0.5, 0.6) is 0 Å². The van der Waals surface area contributed by atoms with Crippen molar-refractivity contribution in [3.05, 3.63) is 59.0 Å². The molecule has 0 bridgehead atoms. The van der Waals surface area contributed by atoms with Gasteiger partial charge in [-0.05, 0) is 53.1 Å². The molecule has 0 aliphatic carbocycles. The number of ether oxygens (including phenoxy) is 1. The first kappa shape index (κ1) is 21.2. The van der Waals surface area contributed by atoms with Crippen molar-refractivity contribution in [1.82, 2.24) is 25.2 Å². The zero-order valence-electron chi connectivity index (χ0n) is 17.1. The van der Waals surface area contributed by atoms with Gasteiger partial charge in [0.25, 0.3) is 5.91 Å². The molecule has 0 saturated carbocycles. The highest BCUT2D eigenvalue weighted by Crippen LogP contribution is 2.34. The summed E-state index contributed by atoms with van der Waals surface area (Å²) in [5, 5.41) is 19.3. The molecular weight excluding hydrogens is 452 g/mol. The van der Waals surface area contributed by atoms with E-state index in [1.54, 1.807) is 10.9 Å². The van der Waals surface area contributed by atoms with Crippen LogP contribution in [-0.4, -0.2) is 55.3 Å². The number of amides is 1. The molecule has 2 aliphatic rings.